The van der Waals surface area contributed by atoms with Crippen LogP contribution in [-0.2, 0) is 11.3 Å². The number of anilines is 2. The van der Waals surface area contributed by atoms with Crippen molar-refractivity contribution in [2.75, 3.05) is 82.6 Å². The summed E-state index contributed by atoms with van der Waals surface area (Å²) in [7, 11) is 0. The smallest absolute Gasteiger partial charge is 0.319 e. The van der Waals surface area contributed by atoms with Crippen LogP contribution in [0.1, 0.15) is 73.3 Å². The van der Waals surface area contributed by atoms with Gasteiger partial charge in [-0.3, -0.25) is 14.5 Å². The van der Waals surface area contributed by atoms with E-state index < -0.39 is 12.3 Å². The Hall–Kier alpha value is -6.30. The molecule has 4 amide bonds. The number of hydrogen-bond acceptors (Lipinski definition) is 12. The molecule has 3 aromatic carbocycles. The van der Waals surface area contributed by atoms with Crippen LogP contribution in [0.2, 0.25) is 0 Å². The first kappa shape index (κ1) is 44.2. The number of carbonyl (C=O) groups is 3. The Bertz CT molecular complexity index is 2620. The lowest BCUT2D eigenvalue weighted by atomic mass is 9.94. The average Bonchev–Trinajstić information content (AvgIpc) is 3.93. The van der Waals surface area contributed by atoms with Gasteiger partial charge in [-0.25, -0.2) is 19.4 Å². The highest BCUT2D eigenvalue weighted by Crippen LogP contribution is 2.36. The van der Waals surface area contributed by atoms with Gasteiger partial charge in [0.15, 0.2) is 5.65 Å². The number of nitrogens with one attached hydrogen (secondary N) is 1. The number of benzene rings is 3. The van der Waals surface area contributed by atoms with E-state index in [0.29, 0.717) is 42.7 Å². The molecule has 0 saturated carbocycles. The highest BCUT2D eigenvalue weighted by Gasteiger charge is 2.40. The quantitative estimate of drug-likeness (QED) is 0.177. The molecule has 8 heterocycles. The van der Waals surface area contributed by atoms with Crippen molar-refractivity contribution in [1.29, 1.82) is 0 Å². The third-order valence-electron chi connectivity index (χ3n) is 15.4. The number of nitrogens with two attached hydrogens (primary N) is 1. The zero-order valence-electron chi connectivity index (χ0n) is 38.7. The standard InChI is InChI=1S/C51H62N12O5/c52-47-45-46(35-8-11-41(12-9-35)68-40-6-2-1-3-7-40)56-63(48(45)54-33-53-47)39-5-4-20-57(32-39)30-34-16-21-60(22-17-34)51(67)61-23-18-37(19-24-61)58-25-27-59(28-26-58)38-10-13-42-36(29-38)31-62(50(42)66)43-14-15-44(64)55-49(43)65/h1-3,6-13,29,33-34,37,39,43,49,65H,4-5,14-28,30-32H2,(H,55,64)(H2,52,53,54). The molecule has 356 valence electrons. The summed E-state index contributed by atoms with van der Waals surface area (Å²) in [5.74, 6) is 2.23. The largest absolute Gasteiger partial charge is 0.457 e. The number of likely N-dealkylation sites (tertiary alicyclic amines) is 3. The van der Waals surface area contributed by atoms with E-state index in [0.717, 1.165) is 156 Å². The molecule has 17 heteroatoms. The minimum Gasteiger partial charge on any atom is -0.457 e. The van der Waals surface area contributed by atoms with Crippen molar-refractivity contribution in [1.82, 2.24) is 49.6 Å². The summed E-state index contributed by atoms with van der Waals surface area (Å²) in [5, 5.41) is 19.0. The summed E-state index contributed by atoms with van der Waals surface area (Å²) in [6, 6.07) is 24.2. The van der Waals surface area contributed by atoms with Gasteiger partial charge in [0.25, 0.3) is 5.91 Å². The van der Waals surface area contributed by atoms with Gasteiger partial charge in [-0.15, -0.1) is 0 Å². The molecule has 17 nitrogen and oxygen atoms in total. The number of hydrogen-bond donors (Lipinski definition) is 3. The Morgan fingerprint density at radius 2 is 1.53 bits per heavy atom. The zero-order valence-corrected chi connectivity index (χ0v) is 38.7. The van der Waals surface area contributed by atoms with Crippen molar-refractivity contribution >= 4 is 40.4 Å². The van der Waals surface area contributed by atoms with E-state index in [1.54, 1.807) is 4.90 Å². The lowest BCUT2D eigenvalue weighted by Gasteiger charge is -2.44. The number of aromatic nitrogens is 4. The Balaban J connectivity index is 0.634. The second-order valence-corrected chi connectivity index (χ2v) is 19.6. The van der Waals surface area contributed by atoms with Gasteiger partial charge in [0.2, 0.25) is 5.91 Å². The Morgan fingerprint density at radius 3 is 2.28 bits per heavy atom. The molecule has 0 radical (unpaired) electrons. The van der Waals surface area contributed by atoms with Crippen LogP contribution >= 0.6 is 0 Å². The molecule has 11 rings (SSSR count). The number of nitrogen functional groups attached to an aromatic ring is 1. The normalized spacial score (nSPS) is 23.6. The molecular weight excluding hydrogens is 861 g/mol. The number of piperazine rings is 1. The zero-order chi connectivity index (χ0) is 46.3. The molecule has 5 fully saturated rings. The minimum absolute atomic E-state index is 0.0816. The van der Waals surface area contributed by atoms with Crippen LogP contribution in [0, 0.1) is 5.92 Å². The lowest BCUT2D eigenvalue weighted by molar-refractivity contribution is -0.129. The van der Waals surface area contributed by atoms with Gasteiger partial charge in [-0.1, -0.05) is 18.2 Å². The van der Waals surface area contributed by atoms with Crippen LogP contribution in [0.15, 0.2) is 79.1 Å². The molecule has 0 aliphatic carbocycles. The minimum atomic E-state index is -1.04. The number of aliphatic hydroxyl groups excluding tert-OH is 1. The summed E-state index contributed by atoms with van der Waals surface area (Å²) in [6.07, 6.45) is 7.35. The van der Waals surface area contributed by atoms with Gasteiger partial charge in [-0.05, 0) is 118 Å². The highest BCUT2D eigenvalue weighted by molar-refractivity contribution is 5.99. The van der Waals surface area contributed by atoms with Gasteiger partial charge in [-0.2, -0.15) is 5.10 Å². The first-order valence-corrected chi connectivity index (χ1v) is 24.7. The molecular formula is C51H62N12O5. The maximum atomic E-state index is 13.8. The van der Waals surface area contributed by atoms with Crippen molar-refractivity contribution in [3.05, 3.63) is 90.3 Å². The maximum Gasteiger partial charge on any atom is 0.319 e. The van der Waals surface area contributed by atoms with Gasteiger partial charge >= 0.3 is 6.03 Å². The topological polar surface area (TPSA) is 182 Å². The Morgan fingerprint density at radius 1 is 0.794 bits per heavy atom. The second kappa shape index (κ2) is 19.0. The van der Waals surface area contributed by atoms with Crippen LogP contribution < -0.4 is 20.7 Å². The number of ether oxygens (including phenoxy) is 1. The fraction of sp³-hybridized carbons (Fsp3) is 0.490. The van der Waals surface area contributed by atoms with Crippen molar-refractivity contribution in [2.45, 2.75) is 82.3 Å². The number of rotatable bonds is 9. The summed E-state index contributed by atoms with van der Waals surface area (Å²) in [4.78, 5) is 61.4. The molecule has 2 aromatic heterocycles. The number of nitrogens with zero attached hydrogens (tertiary/aromatic N) is 10. The number of carbonyl (C=O) groups excluding carboxylic acids is 3. The van der Waals surface area contributed by atoms with Gasteiger partial charge in [0.1, 0.15) is 35.6 Å². The fourth-order valence-electron chi connectivity index (χ4n) is 11.7. The average molecular weight is 923 g/mol. The molecule has 3 atom stereocenters. The molecule has 5 aromatic rings. The van der Waals surface area contributed by atoms with E-state index in [1.807, 2.05) is 66.7 Å². The fourth-order valence-corrected chi connectivity index (χ4v) is 11.7. The summed E-state index contributed by atoms with van der Waals surface area (Å²) in [5.41, 5.74) is 11.8. The van der Waals surface area contributed by atoms with E-state index in [4.69, 9.17) is 20.6 Å². The van der Waals surface area contributed by atoms with Crippen LogP contribution in [-0.4, -0.2) is 158 Å². The monoisotopic (exact) mass is 922 g/mol. The Labute approximate surface area is 396 Å². The predicted octanol–water partition coefficient (Wildman–Crippen LogP) is 5.18. The number of para-hydroxylation sites is 1. The molecule has 4 N–H and O–H groups in total. The number of urea groups is 1. The maximum absolute atomic E-state index is 13.8. The third kappa shape index (κ3) is 8.94. The number of amides is 4. The lowest BCUT2D eigenvalue weighted by Crippen LogP contribution is -2.55. The summed E-state index contributed by atoms with van der Waals surface area (Å²) >= 11 is 0. The van der Waals surface area contributed by atoms with E-state index in [9.17, 15) is 19.5 Å². The van der Waals surface area contributed by atoms with E-state index >= 15 is 0 Å². The second-order valence-electron chi connectivity index (χ2n) is 19.6. The van der Waals surface area contributed by atoms with E-state index in [1.165, 1.54) is 6.33 Å². The number of piperidine rings is 4. The first-order valence-electron chi connectivity index (χ1n) is 24.7. The van der Waals surface area contributed by atoms with Crippen molar-refractivity contribution in [3.63, 3.8) is 0 Å². The molecule has 68 heavy (non-hydrogen) atoms. The molecule has 6 aliphatic rings. The van der Waals surface area contributed by atoms with E-state index in [-0.39, 0.29) is 23.9 Å². The van der Waals surface area contributed by atoms with Crippen molar-refractivity contribution in [3.8, 4) is 22.8 Å². The van der Waals surface area contributed by atoms with Gasteiger partial charge in [0, 0.05) is 101 Å². The van der Waals surface area contributed by atoms with Crippen LogP contribution in [0.25, 0.3) is 22.3 Å². The molecule has 6 aliphatic heterocycles. The summed E-state index contributed by atoms with van der Waals surface area (Å²) in [6.45, 7) is 10.3. The SMILES string of the molecule is Nc1ncnc2c1c(-c1ccc(Oc3ccccc3)cc1)nn2C1CCCN(CC2CCN(C(=O)N3CCC(N4CCN(c5ccc6c(c5)CN(C5CCC(=O)NC5O)C6=O)CC4)CC3)CC2)C1. The van der Waals surface area contributed by atoms with Crippen LogP contribution in [0.5, 0.6) is 11.5 Å². The van der Waals surface area contributed by atoms with Crippen molar-refractivity contribution in [2.24, 2.45) is 5.92 Å². The third-order valence-corrected chi connectivity index (χ3v) is 15.4. The number of aliphatic hydroxyl groups is 1. The molecule has 5 saturated heterocycles. The van der Waals surface area contributed by atoms with Gasteiger partial charge < -0.3 is 45.4 Å². The predicted molar refractivity (Wildman–Crippen MR) is 258 cm³/mol. The highest BCUT2D eigenvalue weighted by atomic mass is 16.5. The van der Waals surface area contributed by atoms with Gasteiger partial charge in [0.05, 0.1) is 17.5 Å². The van der Waals surface area contributed by atoms with E-state index in [2.05, 4.69) is 45.5 Å². The first-order chi connectivity index (χ1) is 33.2. The molecule has 0 bridgehead atoms. The van der Waals surface area contributed by atoms with Crippen LogP contribution in [0.3, 0.4) is 0 Å². The molecule has 0 spiro atoms. The molecule has 3 unspecified atom stereocenters. The van der Waals surface area contributed by atoms with Crippen LogP contribution in [0.4, 0.5) is 16.3 Å². The van der Waals surface area contributed by atoms with Crippen molar-refractivity contribution < 1.29 is 24.2 Å². The number of fused-ring (bicyclic) bond motifs is 2. The summed E-state index contributed by atoms with van der Waals surface area (Å²) < 4.78 is 8.12. The Kier molecular flexibility index (Phi) is 12.4.